The number of carboxylic acid groups (broad SMARTS) is 1. The Morgan fingerprint density at radius 2 is 1.69 bits per heavy atom. The fourth-order valence-corrected chi connectivity index (χ4v) is 9.48. The highest BCUT2D eigenvalue weighted by Gasteiger charge is 2.63. The van der Waals surface area contributed by atoms with Crippen molar-refractivity contribution in [3.05, 3.63) is 0 Å². The van der Waals surface area contributed by atoms with Crippen LogP contribution in [0.25, 0.3) is 0 Å². The Kier molecular flexibility index (Phi) is 6.87. The molecule has 0 spiro atoms. The normalized spacial score (nSPS) is 44.6. The molecule has 4 fully saturated rings. The molecule has 4 rings (SSSR count). The van der Waals surface area contributed by atoms with E-state index in [1.54, 1.807) is 0 Å². The summed E-state index contributed by atoms with van der Waals surface area (Å²) in [5.41, 5.74) is 0.591. The summed E-state index contributed by atoms with van der Waals surface area (Å²) in [5.74, 6) is 4.29. The van der Waals surface area contributed by atoms with Crippen LogP contribution >= 0.6 is 0 Å². The van der Waals surface area contributed by atoms with E-state index in [1.165, 1.54) is 44.9 Å². The molecule has 2 unspecified atom stereocenters. The number of rotatable bonds is 7. The van der Waals surface area contributed by atoms with E-state index in [0.29, 0.717) is 29.0 Å². The average Bonchev–Trinajstić information content (AvgIpc) is 3.05. The second kappa shape index (κ2) is 9.06. The van der Waals surface area contributed by atoms with Crippen LogP contribution in [0.3, 0.4) is 0 Å². The van der Waals surface area contributed by atoms with Crippen molar-refractivity contribution in [2.75, 3.05) is 0 Å². The van der Waals surface area contributed by atoms with Crippen LogP contribution in [0.15, 0.2) is 0 Å². The molecule has 0 radical (unpaired) electrons. The summed E-state index contributed by atoms with van der Waals surface area (Å²) in [6.07, 6.45) is 13.2. The zero-order chi connectivity index (χ0) is 23.3. The van der Waals surface area contributed by atoms with Crippen molar-refractivity contribution in [3.63, 3.8) is 0 Å². The second-order valence-corrected chi connectivity index (χ2v) is 13.4. The van der Waals surface area contributed by atoms with Crippen LogP contribution < -0.4 is 0 Å². The number of hydrogen-bond donors (Lipinski definition) is 1. The summed E-state index contributed by atoms with van der Waals surface area (Å²) < 4.78 is 0. The molecule has 4 saturated carbocycles. The highest BCUT2D eigenvalue weighted by Crippen LogP contribution is 2.68. The topological polar surface area (TPSA) is 54.4 Å². The molecule has 0 aromatic carbocycles. The van der Waals surface area contributed by atoms with E-state index in [2.05, 4.69) is 34.6 Å². The summed E-state index contributed by atoms with van der Waals surface area (Å²) in [7, 11) is 0. The predicted molar refractivity (Wildman–Crippen MR) is 129 cm³/mol. The van der Waals surface area contributed by atoms with Crippen LogP contribution in [-0.4, -0.2) is 16.9 Å². The molecular formula is C29H48O3. The lowest BCUT2D eigenvalue weighted by Gasteiger charge is -2.60. The van der Waals surface area contributed by atoms with Gasteiger partial charge in [0.1, 0.15) is 5.78 Å². The number of aliphatic carboxylic acids is 1. The van der Waals surface area contributed by atoms with E-state index in [0.717, 1.165) is 43.4 Å². The van der Waals surface area contributed by atoms with Gasteiger partial charge in [-0.25, -0.2) is 0 Å². The van der Waals surface area contributed by atoms with Crippen LogP contribution in [0.4, 0.5) is 0 Å². The molecule has 0 saturated heterocycles. The van der Waals surface area contributed by atoms with Crippen LogP contribution in [-0.2, 0) is 9.59 Å². The molecule has 0 amide bonds. The van der Waals surface area contributed by atoms with Crippen molar-refractivity contribution in [2.45, 2.75) is 112 Å². The first-order chi connectivity index (χ1) is 15.1. The molecule has 3 nitrogen and oxygen atoms in total. The Morgan fingerprint density at radius 3 is 2.38 bits per heavy atom. The van der Waals surface area contributed by atoms with Crippen molar-refractivity contribution in [2.24, 2.45) is 58.2 Å². The predicted octanol–water partition coefficient (Wildman–Crippen LogP) is 7.38. The van der Waals surface area contributed by atoms with E-state index < -0.39 is 5.97 Å². The third kappa shape index (κ3) is 4.20. The summed E-state index contributed by atoms with van der Waals surface area (Å²) in [5, 5.41) is 9.28. The van der Waals surface area contributed by atoms with Gasteiger partial charge in [0.2, 0.25) is 0 Å². The fraction of sp³-hybridized carbons (Fsp3) is 0.931. The van der Waals surface area contributed by atoms with Gasteiger partial charge >= 0.3 is 5.97 Å². The quantitative estimate of drug-likeness (QED) is 0.446. The summed E-state index contributed by atoms with van der Waals surface area (Å²) in [4.78, 5) is 24.9. The zero-order valence-electron chi connectivity index (χ0n) is 21.4. The maximum atomic E-state index is 13.6. The standard InChI is InChI=1S/C29H48O3/c1-18(2)7-6-8-19(3)22-9-10-23-27-24(12-14-29(22,23)5)28(4)13-11-20(16-26(31)32)15-21(28)17-25(27)30/h18-24,27H,6-17H2,1-5H3,(H,31,32)/t19?,20-,21?,22+,23-,24-,27-,28-,29+/m0/s1. The molecule has 182 valence electrons. The lowest BCUT2D eigenvalue weighted by Crippen LogP contribution is -2.57. The van der Waals surface area contributed by atoms with Gasteiger partial charge in [-0.1, -0.05) is 53.9 Å². The van der Waals surface area contributed by atoms with E-state index in [1.807, 2.05) is 0 Å². The van der Waals surface area contributed by atoms with Crippen molar-refractivity contribution >= 4 is 11.8 Å². The first-order valence-corrected chi connectivity index (χ1v) is 13.8. The number of fused-ring (bicyclic) bond motifs is 5. The molecule has 4 aliphatic carbocycles. The van der Waals surface area contributed by atoms with E-state index in [-0.39, 0.29) is 23.7 Å². The van der Waals surface area contributed by atoms with E-state index >= 15 is 0 Å². The van der Waals surface area contributed by atoms with Gasteiger partial charge in [0.05, 0.1) is 0 Å². The number of Topliss-reactive ketones (excluding diaryl/α,β-unsaturated/α-hetero) is 1. The molecule has 32 heavy (non-hydrogen) atoms. The van der Waals surface area contributed by atoms with Gasteiger partial charge in [-0.2, -0.15) is 0 Å². The maximum absolute atomic E-state index is 13.6. The van der Waals surface area contributed by atoms with Gasteiger partial charge in [0, 0.05) is 18.8 Å². The zero-order valence-corrected chi connectivity index (χ0v) is 21.4. The number of ketones is 1. The van der Waals surface area contributed by atoms with Crippen LogP contribution in [0.5, 0.6) is 0 Å². The van der Waals surface area contributed by atoms with Crippen LogP contribution in [0.2, 0.25) is 0 Å². The fourth-order valence-electron chi connectivity index (χ4n) is 9.48. The molecule has 1 N–H and O–H groups in total. The summed E-state index contributed by atoms with van der Waals surface area (Å²) in [6, 6.07) is 0. The highest BCUT2D eigenvalue weighted by molar-refractivity contribution is 5.83. The summed E-state index contributed by atoms with van der Waals surface area (Å²) >= 11 is 0. The Morgan fingerprint density at radius 1 is 1.00 bits per heavy atom. The molecule has 9 atom stereocenters. The monoisotopic (exact) mass is 444 g/mol. The third-order valence-corrected chi connectivity index (χ3v) is 11.2. The smallest absolute Gasteiger partial charge is 0.303 e. The lowest BCUT2D eigenvalue weighted by atomic mass is 9.43. The first kappa shape index (κ1) is 24.3. The van der Waals surface area contributed by atoms with Crippen molar-refractivity contribution < 1.29 is 14.7 Å². The van der Waals surface area contributed by atoms with Crippen LogP contribution in [0.1, 0.15) is 112 Å². The summed E-state index contributed by atoms with van der Waals surface area (Å²) in [6.45, 7) is 12.2. The molecule has 0 bridgehead atoms. The maximum Gasteiger partial charge on any atom is 0.303 e. The van der Waals surface area contributed by atoms with E-state index in [9.17, 15) is 14.7 Å². The molecule has 0 aliphatic heterocycles. The highest BCUT2D eigenvalue weighted by atomic mass is 16.4. The number of carbonyl (C=O) groups excluding carboxylic acids is 1. The van der Waals surface area contributed by atoms with Crippen molar-refractivity contribution in [1.82, 2.24) is 0 Å². The van der Waals surface area contributed by atoms with Crippen molar-refractivity contribution in [1.29, 1.82) is 0 Å². The molecule has 0 heterocycles. The Hall–Kier alpha value is -0.860. The first-order valence-electron chi connectivity index (χ1n) is 13.8. The molecule has 3 heteroatoms. The number of carboxylic acids is 1. The minimum absolute atomic E-state index is 0.246. The van der Waals surface area contributed by atoms with E-state index in [4.69, 9.17) is 0 Å². The molecule has 0 aromatic heterocycles. The number of carbonyl (C=O) groups is 2. The average molecular weight is 445 g/mol. The lowest BCUT2D eigenvalue weighted by molar-refractivity contribution is -0.159. The van der Waals surface area contributed by atoms with Gasteiger partial charge in [0.25, 0.3) is 0 Å². The molecule has 4 aliphatic rings. The van der Waals surface area contributed by atoms with Gasteiger partial charge in [-0.3, -0.25) is 9.59 Å². The Bertz CT molecular complexity index is 713. The Labute approximate surface area is 196 Å². The number of hydrogen-bond acceptors (Lipinski definition) is 2. The van der Waals surface area contributed by atoms with Crippen molar-refractivity contribution in [3.8, 4) is 0 Å². The van der Waals surface area contributed by atoms with Gasteiger partial charge in [-0.05, 0) is 97.2 Å². The molecule has 0 aromatic rings. The minimum Gasteiger partial charge on any atom is -0.481 e. The van der Waals surface area contributed by atoms with Crippen LogP contribution in [0, 0.1) is 58.2 Å². The molecular weight excluding hydrogens is 396 g/mol. The SMILES string of the molecule is CC(C)CCCC(C)[C@H]1CC[C@H]2[C@@H]3C(=O)CC4C[C@@H](CC(=O)O)CC[C@]4(C)[C@H]3CC[C@]12C. The largest absolute Gasteiger partial charge is 0.481 e. The Balaban J connectivity index is 1.48. The van der Waals surface area contributed by atoms with Gasteiger partial charge in [-0.15, -0.1) is 0 Å². The van der Waals surface area contributed by atoms with Gasteiger partial charge in [0.15, 0.2) is 0 Å². The second-order valence-electron chi connectivity index (χ2n) is 13.4. The third-order valence-electron chi connectivity index (χ3n) is 11.2. The minimum atomic E-state index is -0.674. The van der Waals surface area contributed by atoms with Gasteiger partial charge < -0.3 is 5.11 Å².